The SMILES string of the molecule is CO/N=C(\C(=O)N[C@@H]1C(=O)N(C2(C(=O)O)CCC(=O)O2)O[C@H]1C=O)c1csc(N)n1. The summed E-state index contributed by atoms with van der Waals surface area (Å²) in [5.41, 5.74) is 2.80. The number of cyclic esters (lactones) is 1. The molecule has 2 aliphatic heterocycles. The van der Waals surface area contributed by atoms with Gasteiger partial charge in [0.15, 0.2) is 23.2 Å². The second-order valence-corrected chi connectivity index (χ2v) is 6.94. The fourth-order valence-electron chi connectivity index (χ4n) is 2.86. The van der Waals surface area contributed by atoms with E-state index in [9.17, 15) is 29.1 Å². The minimum Gasteiger partial charge on any atom is -0.477 e. The van der Waals surface area contributed by atoms with Crippen LogP contribution in [0.3, 0.4) is 0 Å². The molecule has 2 amide bonds. The number of anilines is 1. The van der Waals surface area contributed by atoms with E-state index in [-0.39, 0.29) is 34.3 Å². The van der Waals surface area contributed by atoms with E-state index in [2.05, 4.69) is 20.3 Å². The van der Waals surface area contributed by atoms with Crippen LogP contribution in [0.2, 0.25) is 0 Å². The summed E-state index contributed by atoms with van der Waals surface area (Å²) in [7, 11) is 1.17. The molecule has 0 saturated carbocycles. The lowest BCUT2D eigenvalue weighted by Crippen LogP contribution is -2.57. The van der Waals surface area contributed by atoms with Crippen molar-refractivity contribution in [1.29, 1.82) is 0 Å². The Morgan fingerprint density at radius 3 is 2.77 bits per heavy atom. The average Bonchev–Trinajstić information content (AvgIpc) is 3.38. The van der Waals surface area contributed by atoms with Gasteiger partial charge in [-0.1, -0.05) is 5.16 Å². The number of nitrogens with one attached hydrogen (secondary N) is 1. The zero-order chi connectivity index (χ0) is 22.1. The maximum atomic E-state index is 12.8. The van der Waals surface area contributed by atoms with Crippen molar-refractivity contribution in [3.05, 3.63) is 11.1 Å². The van der Waals surface area contributed by atoms with Gasteiger partial charge in [-0.2, -0.15) is 5.06 Å². The van der Waals surface area contributed by atoms with E-state index in [0.29, 0.717) is 0 Å². The minimum atomic E-state index is -2.44. The predicted molar refractivity (Wildman–Crippen MR) is 95.5 cm³/mol. The molecule has 160 valence electrons. The van der Waals surface area contributed by atoms with E-state index in [1.54, 1.807) is 0 Å². The van der Waals surface area contributed by atoms with Crippen molar-refractivity contribution >= 4 is 52.2 Å². The molecule has 3 atom stereocenters. The van der Waals surface area contributed by atoms with Gasteiger partial charge in [0, 0.05) is 11.8 Å². The largest absolute Gasteiger partial charge is 0.477 e. The van der Waals surface area contributed by atoms with Gasteiger partial charge in [-0.15, -0.1) is 11.3 Å². The second kappa shape index (κ2) is 8.03. The summed E-state index contributed by atoms with van der Waals surface area (Å²) in [4.78, 5) is 73.7. The topological polar surface area (TPSA) is 200 Å². The third-order valence-corrected chi connectivity index (χ3v) is 4.89. The highest BCUT2D eigenvalue weighted by atomic mass is 32.1. The summed E-state index contributed by atoms with van der Waals surface area (Å²) < 4.78 is 4.82. The van der Waals surface area contributed by atoms with Crippen LogP contribution in [-0.4, -0.2) is 75.9 Å². The highest BCUT2D eigenvalue weighted by Gasteiger charge is 2.61. The number of nitrogen functional groups attached to an aromatic ring is 1. The first-order valence-electron chi connectivity index (χ1n) is 8.28. The molecule has 3 heterocycles. The molecule has 1 aromatic rings. The Bertz CT molecular complexity index is 947. The number of hydroxylamine groups is 2. The third-order valence-electron chi connectivity index (χ3n) is 4.22. The van der Waals surface area contributed by atoms with Gasteiger partial charge in [-0.25, -0.2) is 9.78 Å². The van der Waals surface area contributed by atoms with Gasteiger partial charge >= 0.3 is 17.7 Å². The number of aliphatic carboxylic acids is 1. The third kappa shape index (κ3) is 3.55. The molecular weight excluding hydrogens is 426 g/mol. The van der Waals surface area contributed by atoms with Crippen molar-refractivity contribution < 1.29 is 43.5 Å². The first-order valence-corrected chi connectivity index (χ1v) is 9.16. The lowest BCUT2D eigenvalue weighted by Gasteiger charge is -2.30. The van der Waals surface area contributed by atoms with Crippen LogP contribution in [-0.2, 0) is 38.4 Å². The minimum absolute atomic E-state index is 0.0504. The number of hydrogen-bond donors (Lipinski definition) is 3. The Kier molecular flexibility index (Phi) is 5.66. The molecular formula is C15H15N5O9S. The zero-order valence-corrected chi connectivity index (χ0v) is 16.1. The van der Waals surface area contributed by atoms with Gasteiger partial charge in [-0.3, -0.25) is 19.2 Å². The normalized spacial score (nSPS) is 26.4. The summed E-state index contributed by atoms with van der Waals surface area (Å²) in [6.45, 7) is 0. The second-order valence-electron chi connectivity index (χ2n) is 6.05. The highest BCUT2D eigenvalue weighted by Crippen LogP contribution is 2.35. The number of ether oxygens (including phenoxy) is 1. The molecule has 3 rings (SSSR count). The molecule has 1 aromatic heterocycles. The van der Waals surface area contributed by atoms with Gasteiger partial charge in [0.25, 0.3) is 11.8 Å². The molecule has 14 nitrogen and oxygen atoms in total. The van der Waals surface area contributed by atoms with Gasteiger partial charge in [0.1, 0.15) is 18.8 Å². The van der Waals surface area contributed by atoms with Crippen LogP contribution >= 0.6 is 11.3 Å². The smallest absolute Gasteiger partial charge is 0.372 e. The van der Waals surface area contributed by atoms with Gasteiger partial charge in [-0.05, 0) is 0 Å². The van der Waals surface area contributed by atoms with Crippen LogP contribution in [0, 0.1) is 0 Å². The molecule has 0 aromatic carbocycles. The molecule has 15 heteroatoms. The zero-order valence-electron chi connectivity index (χ0n) is 15.3. The molecule has 30 heavy (non-hydrogen) atoms. The van der Waals surface area contributed by atoms with E-state index in [1.807, 2.05) is 0 Å². The summed E-state index contributed by atoms with van der Waals surface area (Å²) in [5, 5.41) is 17.2. The molecule has 0 radical (unpaired) electrons. The fourth-order valence-corrected chi connectivity index (χ4v) is 3.40. The van der Waals surface area contributed by atoms with E-state index in [4.69, 9.17) is 15.3 Å². The van der Waals surface area contributed by atoms with Gasteiger partial charge in [0.2, 0.25) is 0 Å². The lowest BCUT2D eigenvalue weighted by molar-refractivity contribution is -0.264. The molecule has 0 aliphatic carbocycles. The Labute approximate surface area is 171 Å². The Hall–Kier alpha value is -3.59. The number of rotatable bonds is 7. The number of aromatic nitrogens is 1. The summed E-state index contributed by atoms with van der Waals surface area (Å²) in [5.74, 6) is -4.60. The Morgan fingerprint density at radius 1 is 1.53 bits per heavy atom. The summed E-state index contributed by atoms with van der Waals surface area (Å²) >= 11 is 1.02. The Morgan fingerprint density at radius 2 is 2.27 bits per heavy atom. The van der Waals surface area contributed by atoms with Crippen molar-refractivity contribution in [1.82, 2.24) is 15.4 Å². The molecule has 4 N–H and O–H groups in total. The van der Waals surface area contributed by atoms with E-state index >= 15 is 0 Å². The molecule has 0 spiro atoms. The van der Waals surface area contributed by atoms with E-state index in [0.717, 1.165) is 11.3 Å². The monoisotopic (exact) mass is 441 g/mol. The fraction of sp³-hybridized carbons (Fsp3) is 0.400. The van der Waals surface area contributed by atoms with Crippen LogP contribution in [0.1, 0.15) is 18.5 Å². The molecule has 2 saturated heterocycles. The number of nitrogens with zero attached hydrogens (tertiary/aromatic N) is 3. The maximum absolute atomic E-state index is 12.8. The van der Waals surface area contributed by atoms with Crippen LogP contribution < -0.4 is 11.1 Å². The number of carbonyl (C=O) groups is 5. The van der Waals surface area contributed by atoms with Crippen molar-refractivity contribution in [3.63, 3.8) is 0 Å². The number of esters is 1. The maximum Gasteiger partial charge on any atom is 0.372 e. The average molecular weight is 441 g/mol. The van der Waals surface area contributed by atoms with Crippen molar-refractivity contribution in [2.75, 3.05) is 12.8 Å². The van der Waals surface area contributed by atoms with Crippen molar-refractivity contribution in [2.45, 2.75) is 30.7 Å². The number of carboxylic acids is 1. The number of aldehydes is 1. The number of oxime groups is 1. The molecule has 0 bridgehead atoms. The highest BCUT2D eigenvalue weighted by molar-refractivity contribution is 7.13. The van der Waals surface area contributed by atoms with E-state index < -0.39 is 48.0 Å². The Balaban J connectivity index is 1.86. The predicted octanol–water partition coefficient (Wildman–Crippen LogP) is -1.98. The van der Waals surface area contributed by atoms with Gasteiger partial charge < -0.3 is 30.5 Å². The van der Waals surface area contributed by atoms with Crippen LogP contribution in [0.15, 0.2) is 10.5 Å². The number of hydrogen-bond acceptors (Lipinski definition) is 12. The quantitative estimate of drug-likeness (QED) is 0.183. The standard InChI is InChI=1S/C15H15N5O9S/c1-27-19-9(6-5-30-14(16)17-6)11(23)18-10-7(4-21)29-20(12(10)24)15(13(25)26)3-2-8(22)28-15/h4-5,7,10H,2-3H2,1H3,(H2,16,17)(H,18,23)(H,25,26)/b19-9-/t7-,10-,15?/m0/s1. The first kappa shape index (κ1) is 21.1. The van der Waals surface area contributed by atoms with Crippen molar-refractivity contribution in [3.8, 4) is 0 Å². The molecule has 1 unspecified atom stereocenters. The lowest BCUT2D eigenvalue weighted by atomic mass is 10.1. The number of nitrogens with two attached hydrogens (primary N) is 1. The van der Waals surface area contributed by atoms with E-state index in [1.165, 1.54) is 12.5 Å². The van der Waals surface area contributed by atoms with Crippen LogP contribution in [0.5, 0.6) is 0 Å². The molecule has 2 aliphatic rings. The van der Waals surface area contributed by atoms with Crippen molar-refractivity contribution in [2.24, 2.45) is 5.16 Å². The summed E-state index contributed by atoms with van der Waals surface area (Å²) in [6.07, 6.45) is -2.06. The van der Waals surface area contributed by atoms with Crippen LogP contribution in [0.4, 0.5) is 5.13 Å². The molecule has 2 fully saturated rings. The number of carboxylic acid groups (broad SMARTS) is 1. The summed E-state index contributed by atoms with van der Waals surface area (Å²) in [6, 6.07) is -1.62. The van der Waals surface area contributed by atoms with Gasteiger partial charge in [0.05, 0.1) is 6.42 Å². The van der Waals surface area contributed by atoms with Crippen LogP contribution in [0.25, 0.3) is 0 Å². The number of thiazole rings is 1. The number of amides is 2. The first-order chi connectivity index (χ1) is 14.2. The number of carbonyl (C=O) groups excluding carboxylic acids is 4.